The van der Waals surface area contributed by atoms with Crippen molar-refractivity contribution in [2.24, 2.45) is 5.41 Å². The quantitative estimate of drug-likeness (QED) is 0.470. The smallest absolute Gasteiger partial charge is 0.343 e. The van der Waals surface area contributed by atoms with Crippen molar-refractivity contribution < 1.29 is 19.0 Å². The summed E-state index contributed by atoms with van der Waals surface area (Å²) in [7, 11) is 2.95. The molecule has 0 spiro atoms. The Labute approximate surface area is 187 Å². The fourth-order valence-corrected chi connectivity index (χ4v) is 5.34. The Hall–Kier alpha value is -2.31. The Bertz CT molecular complexity index is 1070. The van der Waals surface area contributed by atoms with Gasteiger partial charge in [-0.2, -0.15) is 0 Å². The van der Waals surface area contributed by atoms with Crippen molar-refractivity contribution in [1.29, 1.82) is 0 Å². The predicted octanol–water partition coefficient (Wildman–Crippen LogP) is 4.83. The number of methoxy groups -OCH3 is 2. The molecule has 1 aliphatic heterocycles. The molecule has 0 radical (unpaired) electrons. The number of ether oxygens (including phenoxy) is 3. The fraction of sp³-hybridized carbons (Fsp3) is 0.500. The van der Waals surface area contributed by atoms with E-state index >= 15 is 0 Å². The van der Waals surface area contributed by atoms with E-state index in [1.165, 1.54) is 13.2 Å². The minimum absolute atomic E-state index is 0.00130. The number of halogens is 1. The number of hydrogen-bond donors (Lipinski definition) is 0. The van der Waals surface area contributed by atoms with Gasteiger partial charge >= 0.3 is 5.97 Å². The second kappa shape index (κ2) is 8.32. The van der Waals surface area contributed by atoms with Gasteiger partial charge in [-0.25, -0.2) is 4.79 Å². The third kappa shape index (κ3) is 3.76. The first-order chi connectivity index (χ1) is 14.8. The summed E-state index contributed by atoms with van der Waals surface area (Å²) in [5.41, 5.74) is 2.54. The van der Waals surface area contributed by atoms with Gasteiger partial charge in [0.15, 0.2) is 5.43 Å². The van der Waals surface area contributed by atoms with E-state index in [4.69, 9.17) is 25.8 Å². The average Bonchev–Trinajstić information content (AvgIpc) is 3.06. The summed E-state index contributed by atoms with van der Waals surface area (Å²) in [4.78, 5) is 24.9. The molecule has 1 aromatic carbocycles. The maximum Gasteiger partial charge on any atom is 0.343 e. The van der Waals surface area contributed by atoms with E-state index in [9.17, 15) is 9.59 Å². The first kappa shape index (κ1) is 21.9. The van der Waals surface area contributed by atoms with Gasteiger partial charge in [-0.15, -0.1) is 0 Å². The van der Waals surface area contributed by atoms with Crippen molar-refractivity contribution in [2.45, 2.75) is 45.1 Å². The van der Waals surface area contributed by atoms with Crippen molar-refractivity contribution in [1.82, 2.24) is 4.57 Å². The molecule has 0 bridgehead atoms. The van der Waals surface area contributed by atoms with Crippen molar-refractivity contribution in [3.63, 3.8) is 0 Å². The molecule has 0 saturated heterocycles. The van der Waals surface area contributed by atoms with E-state index in [1.54, 1.807) is 13.3 Å². The Kier molecular flexibility index (Phi) is 5.88. The number of benzene rings is 1. The summed E-state index contributed by atoms with van der Waals surface area (Å²) in [5.74, 6) is 0.280. The lowest BCUT2D eigenvalue weighted by Crippen LogP contribution is -2.32. The molecule has 1 aliphatic carbocycles. The number of fused-ring (bicyclic) bond motifs is 6. The molecule has 0 amide bonds. The minimum atomic E-state index is -0.615. The molecule has 2 unspecified atom stereocenters. The number of carbonyl (C=O) groups excluding carboxylic acids is 1. The monoisotopic (exact) mass is 445 g/mol. The minimum Gasteiger partial charge on any atom is -0.492 e. The van der Waals surface area contributed by atoms with Crippen molar-refractivity contribution >= 4 is 17.6 Å². The van der Waals surface area contributed by atoms with Gasteiger partial charge < -0.3 is 18.8 Å². The molecule has 166 valence electrons. The van der Waals surface area contributed by atoms with E-state index in [0.29, 0.717) is 24.0 Å². The van der Waals surface area contributed by atoms with Crippen molar-refractivity contribution in [3.8, 4) is 17.0 Å². The molecule has 7 heteroatoms. The Balaban J connectivity index is 1.86. The number of aromatic nitrogens is 1. The Morgan fingerprint density at radius 1 is 1.23 bits per heavy atom. The Morgan fingerprint density at radius 2 is 2.00 bits per heavy atom. The zero-order valence-electron chi connectivity index (χ0n) is 18.4. The molecular weight excluding hydrogens is 418 g/mol. The molecule has 2 aromatic rings. The van der Waals surface area contributed by atoms with Gasteiger partial charge in [0.1, 0.15) is 11.3 Å². The average molecular weight is 446 g/mol. The summed E-state index contributed by atoms with van der Waals surface area (Å²) in [6.45, 7) is 5.62. The zero-order chi connectivity index (χ0) is 22.3. The molecule has 6 nitrogen and oxygen atoms in total. The molecule has 1 fully saturated rings. The van der Waals surface area contributed by atoms with Gasteiger partial charge in [0.25, 0.3) is 0 Å². The fourth-order valence-electron chi connectivity index (χ4n) is 5.13. The number of pyridine rings is 1. The summed E-state index contributed by atoms with van der Waals surface area (Å²) < 4.78 is 17.9. The first-order valence-corrected chi connectivity index (χ1v) is 11.0. The SMILES string of the molecule is COCCCOc1cc2c(cc1Cl)-c1cc(=O)c(C(=O)OC)cn1C1C2CCC1(C)C. The highest BCUT2D eigenvalue weighted by molar-refractivity contribution is 6.32. The Morgan fingerprint density at radius 3 is 2.71 bits per heavy atom. The van der Waals surface area contributed by atoms with E-state index < -0.39 is 5.97 Å². The largest absolute Gasteiger partial charge is 0.492 e. The van der Waals surface area contributed by atoms with E-state index in [0.717, 1.165) is 36.1 Å². The highest BCUT2D eigenvalue weighted by Crippen LogP contribution is 2.59. The zero-order valence-corrected chi connectivity index (χ0v) is 19.1. The predicted molar refractivity (Wildman–Crippen MR) is 119 cm³/mol. The van der Waals surface area contributed by atoms with Crippen LogP contribution >= 0.6 is 11.6 Å². The molecule has 0 N–H and O–H groups in total. The number of carbonyl (C=O) groups is 1. The highest BCUT2D eigenvalue weighted by Gasteiger charge is 2.47. The first-order valence-electron chi connectivity index (χ1n) is 10.6. The van der Waals surface area contributed by atoms with Gasteiger partial charge in [-0.3, -0.25) is 4.79 Å². The van der Waals surface area contributed by atoms with Gasteiger partial charge in [-0.1, -0.05) is 25.4 Å². The summed E-state index contributed by atoms with van der Waals surface area (Å²) in [6.07, 6.45) is 4.49. The molecule has 31 heavy (non-hydrogen) atoms. The van der Waals surface area contributed by atoms with Crippen LogP contribution in [0, 0.1) is 5.41 Å². The lowest BCUT2D eigenvalue weighted by molar-refractivity contribution is 0.0597. The van der Waals surface area contributed by atoms with Crippen molar-refractivity contribution in [3.05, 3.63) is 50.8 Å². The molecule has 1 saturated carbocycles. The van der Waals surface area contributed by atoms with Crippen LogP contribution in [-0.4, -0.2) is 38.0 Å². The number of esters is 1. The van der Waals surface area contributed by atoms with Crippen LogP contribution in [0.5, 0.6) is 5.75 Å². The topological polar surface area (TPSA) is 66.8 Å². The summed E-state index contributed by atoms with van der Waals surface area (Å²) in [6, 6.07) is 5.56. The third-order valence-electron chi connectivity index (χ3n) is 6.60. The molecule has 2 aliphatic rings. The molecule has 2 heterocycles. The van der Waals surface area contributed by atoms with Crippen LogP contribution in [-0.2, 0) is 9.47 Å². The van der Waals surface area contributed by atoms with Gasteiger partial charge in [0.2, 0.25) is 0 Å². The van der Waals surface area contributed by atoms with Crippen LogP contribution in [0.1, 0.15) is 61.0 Å². The molecular formula is C24H28ClNO5. The number of rotatable bonds is 6. The van der Waals surface area contributed by atoms with E-state index in [-0.39, 0.29) is 28.4 Å². The van der Waals surface area contributed by atoms with Crippen LogP contribution in [0.15, 0.2) is 29.2 Å². The lowest BCUT2D eigenvalue weighted by Gasteiger charge is -2.40. The van der Waals surface area contributed by atoms with Gasteiger partial charge in [-0.05, 0) is 36.0 Å². The number of nitrogens with zero attached hydrogens (tertiary/aromatic N) is 1. The van der Waals surface area contributed by atoms with Gasteiger partial charge in [0.05, 0.1) is 24.4 Å². The summed E-state index contributed by atoms with van der Waals surface area (Å²) in [5, 5.41) is 0.503. The second-order valence-electron chi connectivity index (χ2n) is 8.98. The molecule has 4 rings (SSSR count). The highest BCUT2D eigenvalue weighted by atomic mass is 35.5. The second-order valence-corrected chi connectivity index (χ2v) is 9.39. The molecule has 2 atom stereocenters. The third-order valence-corrected chi connectivity index (χ3v) is 6.89. The van der Waals surface area contributed by atoms with E-state index in [1.807, 2.05) is 12.1 Å². The van der Waals surface area contributed by atoms with Crippen molar-refractivity contribution in [2.75, 3.05) is 27.4 Å². The van der Waals surface area contributed by atoms with Gasteiger partial charge in [0, 0.05) is 49.9 Å². The lowest BCUT2D eigenvalue weighted by atomic mass is 9.77. The maximum absolute atomic E-state index is 12.7. The summed E-state index contributed by atoms with van der Waals surface area (Å²) >= 11 is 6.57. The van der Waals surface area contributed by atoms with E-state index in [2.05, 4.69) is 18.4 Å². The number of hydrogen-bond acceptors (Lipinski definition) is 5. The van der Waals surface area contributed by atoms with Crippen LogP contribution < -0.4 is 10.2 Å². The van der Waals surface area contributed by atoms with Crippen LogP contribution in [0.25, 0.3) is 11.3 Å². The molecule has 1 aromatic heterocycles. The van der Waals surface area contributed by atoms with Crippen LogP contribution in [0.4, 0.5) is 0 Å². The standard InChI is InChI=1S/C24H28ClNO5/c1-24(2)7-6-14-15-11-21(31-9-5-8-29-3)18(25)10-16(15)19-12-20(27)17(23(28)30-4)13-26(19)22(14)24/h10-14,22H,5-9H2,1-4H3. The van der Waals surface area contributed by atoms with Crippen LogP contribution in [0.3, 0.4) is 0 Å². The van der Waals surface area contributed by atoms with Crippen LogP contribution in [0.2, 0.25) is 5.02 Å². The maximum atomic E-state index is 12.7. The normalized spacial score (nSPS) is 20.5.